The van der Waals surface area contributed by atoms with E-state index in [1.165, 1.54) is 36.5 Å². The molecule has 0 spiro atoms. The maximum Gasteiger partial charge on any atom is 0.263 e. The summed E-state index contributed by atoms with van der Waals surface area (Å²) in [4.78, 5) is 3.81. The highest BCUT2D eigenvalue weighted by molar-refractivity contribution is 14.1. The van der Waals surface area contributed by atoms with Crippen molar-refractivity contribution in [2.45, 2.75) is 4.90 Å². The zero-order chi connectivity index (χ0) is 14.8. The van der Waals surface area contributed by atoms with Crippen LogP contribution in [0.5, 0.6) is 0 Å². The molecule has 6 nitrogen and oxygen atoms in total. The molecule has 1 aromatic carbocycles. The molecule has 4 N–H and O–H groups in total. The number of hydrogen-bond acceptors (Lipinski definition) is 5. The molecule has 0 aliphatic heterocycles. The van der Waals surface area contributed by atoms with Crippen LogP contribution in [0.25, 0.3) is 0 Å². The summed E-state index contributed by atoms with van der Waals surface area (Å²) < 4.78 is 40.1. The molecule has 9 heteroatoms. The van der Waals surface area contributed by atoms with Crippen molar-refractivity contribution in [3.8, 4) is 0 Å². The maximum absolute atomic E-state index is 13.0. The number of nitrogens with zero attached hydrogens (tertiary/aromatic N) is 1. The number of aromatic nitrogens is 1. The summed E-state index contributed by atoms with van der Waals surface area (Å²) in [6.45, 7) is 0. The van der Waals surface area contributed by atoms with E-state index in [9.17, 15) is 12.8 Å². The first-order valence-corrected chi connectivity index (χ1v) is 7.89. The summed E-state index contributed by atoms with van der Waals surface area (Å²) in [6.07, 6.45) is 1.17. The number of sulfonamides is 1. The van der Waals surface area contributed by atoms with Crippen LogP contribution in [0.4, 0.5) is 15.9 Å². The number of hydrazine groups is 1. The molecular formula is C11H10FIN4O2S. The Bertz CT molecular complexity index is 722. The zero-order valence-corrected chi connectivity index (χ0v) is 12.9. The Balaban J connectivity index is 2.30. The van der Waals surface area contributed by atoms with E-state index in [2.05, 4.69) is 15.1 Å². The van der Waals surface area contributed by atoms with Crippen LogP contribution in [-0.2, 0) is 10.0 Å². The SMILES string of the molecule is NNc1ccc(S(=O)(=O)Nc2ccc(F)cc2I)cn1. The number of hydrogen-bond donors (Lipinski definition) is 3. The van der Waals surface area contributed by atoms with Crippen molar-refractivity contribution in [3.05, 3.63) is 45.9 Å². The van der Waals surface area contributed by atoms with Crippen molar-refractivity contribution >= 4 is 44.1 Å². The van der Waals surface area contributed by atoms with Crippen molar-refractivity contribution in [3.63, 3.8) is 0 Å². The lowest BCUT2D eigenvalue weighted by Crippen LogP contribution is -2.15. The van der Waals surface area contributed by atoms with E-state index in [4.69, 9.17) is 5.84 Å². The van der Waals surface area contributed by atoms with Crippen LogP contribution < -0.4 is 16.0 Å². The van der Waals surface area contributed by atoms with Gasteiger partial charge in [-0.3, -0.25) is 4.72 Å². The van der Waals surface area contributed by atoms with Gasteiger partial charge >= 0.3 is 0 Å². The van der Waals surface area contributed by atoms with Crippen LogP contribution in [0.2, 0.25) is 0 Å². The minimum absolute atomic E-state index is 0.0170. The summed E-state index contributed by atoms with van der Waals surface area (Å²) in [5.41, 5.74) is 2.60. The Hall–Kier alpha value is -1.46. The largest absolute Gasteiger partial charge is 0.308 e. The van der Waals surface area contributed by atoms with Gasteiger partial charge in [0, 0.05) is 9.77 Å². The molecule has 0 saturated carbocycles. The average molecular weight is 408 g/mol. The summed E-state index contributed by atoms with van der Waals surface area (Å²) in [5, 5.41) is 0. The Morgan fingerprint density at radius 1 is 1.25 bits per heavy atom. The molecule has 0 fully saturated rings. The van der Waals surface area contributed by atoms with Crippen molar-refractivity contribution < 1.29 is 12.8 Å². The standard InChI is InChI=1S/C11H10FIN4O2S/c12-7-1-3-10(9(13)5-7)17-20(18,19)8-2-4-11(16-14)15-6-8/h1-6,17H,14H2,(H,15,16). The van der Waals surface area contributed by atoms with E-state index in [1.54, 1.807) is 0 Å². The van der Waals surface area contributed by atoms with Crippen LogP contribution in [0, 0.1) is 9.39 Å². The van der Waals surface area contributed by atoms with Crippen LogP contribution in [-0.4, -0.2) is 13.4 Å². The van der Waals surface area contributed by atoms with Gasteiger partial charge in [0.05, 0.1) is 5.69 Å². The van der Waals surface area contributed by atoms with Crippen LogP contribution in [0.3, 0.4) is 0 Å². The molecule has 1 heterocycles. The number of pyridine rings is 1. The third kappa shape index (κ3) is 3.35. The van der Waals surface area contributed by atoms with Gasteiger partial charge in [0.1, 0.15) is 16.5 Å². The molecule has 1 aromatic heterocycles. The second kappa shape index (κ2) is 5.89. The topological polar surface area (TPSA) is 97.1 Å². The van der Waals surface area contributed by atoms with Crippen molar-refractivity contribution in [1.29, 1.82) is 0 Å². The molecule has 0 bridgehead atoms. The van der Waals surface area contributed by atoms with E-state index < -0.39 is 15.8 Å². The molecule has 0 aliphatic carbocycles. The van der Waals surface area contributed by atoms with Gasteiger partial charge in [0.15, 0.2) is 0 Å². The summed E-state index contributed by atoms with van der Waals surface area (Å²) in [7, 11) is -3.78. The highest BCUT2D eigenvalue weighted by Gasteiger charge is 2.16. The fourth-order valence-corrected chi connectivity index (χ4v) is 3.22. The van der Waals surface area contributed by atoms with Crippen molar-refractivity contribution in [2.24, 2.45) is 5.84 Å². The first-order valence-electron chi connectivity index (χ1n) is 5.33. The van der Waals surface area contributed by atoms with E-state index in [0.29, 0.717) is 15.1 Å². The lowest BCUT2D eigenvalue weighted by Gasteiger charge is -2.10. The van der Waals surface area contributed by atoms with Gasteiger partial charge in [-0.25, -0.2) is 23.6 Å². The summed E-state index contributed by atoms with van der Waals surface area (Å²) in [5.74, 6) is 5.07. The Morgan fingerprint density at radius 2 is 2.00 bits per heavy atom. The van der Waals surface area contributed by atoms with E-state index in [0.717, 1.165) is 0 Å². The highest BCUT2D eigenvalue weighted by atomic mass is 127. The number of anilines is 2. The number of nitrogen functional groups attached to an aromatic ring is 1. The normalized spacial score (nSPS) is 11.2. The number of nitrogens with one attached hydrogen (secondary N) is 2. The monoisotopic (exact) mass is 408 g/mol. The minimum atomic E-state index is -3.78. The van der Waals surface area contributed by atoms with Gasteiger partial charge in [-0.05, 0) is 52.9 Å². The van der Waals surface area contributed by atoms with Crippen LogP contribution >= 0.6 is 22.6 Å². The maximum atomic E-state index is 13.0. The van der Waals surface area contributed by atoms with E-state index in [-0.39, 0.29) is 4.90 Å². The molecular weight excluding hydrogens is 398 g/mol. The van der Waals surface area contributed by atoms with Gasteiger partial charge in [-0.1, -0.05) is 0 Å². The smallest absolute Gasteiger partial charge is 0.263 e. The minimum Gasteiger partial charge on any atom is -0.308 e. The lowest BCUT2D eigenvalue weighted by molar-refractivity contribution is 0.600. The molecule has 0 amide bonds. The van der Waals surface area contributed by atoms with Crippen molar-refractivity contribution in [1.82, 2.24) is 4.98 Å². The highest BCUT2D eigenvalue weighted by Crippen LogP contribution is 2.22. The van der Waals surface area contributed by atoms with Gasteiger partial charge in [-0.15, -0.1) is 0 Å². The molecule has 0 atom stereocenters. The first-order chi connectivity index (χ1) is 9.42. The van der Waals surface area contributed by atoms with Crippen molar-refractivity contribution in [2.75, 3.05) is 10.1 Å². The first kappa shape index (κ1) is 14.9. The van der Waals surface area contributed by atoms with Gasteiger partial charge in [0.2, 0.25) is 0 Å². The third-order valence-electron chi connectivity index (χ3n) is 2.37. The fourth-order valence-electron chi connectivity index (χ4n) is 1.40. The number of halogens is 2. The molecule has 0 radical (unpaired) electrons. The van der Waals surface area contributed by atoms with Gasteiger partial charge in [0.25, 0.3) is 10.0 Å². The molecule has 2 rings (SSSR count). The lowest BCUT2D eigenvalue weighted by atomic mass is 10.3. The van der Waals surface area contributed by atoms with E-state index >= 15 is 0 Å². The van der Waals surface area contributed by atoms with Gasteiger partial charge < -0.3 is 5.43 Å². The molecule has 20 heavy (non-hydrogen) atoms. The number of nitrogens with two attached hydrogens (primary N) is 1. The average Bonchev–Trinajstić information content (AvgIpc) is 2.42. The molecule has 0 unspecified atom stereocenters. The summed E-state index contributed by atoms with van der Waals surface area (Å²) in [6, 6.07) is 6.57. The second-order valence-corrected chi connectivity index (χ2v) is 6.60. The molecule has 0 saturated heterocycles. The zero-order valence-electron chi connectivity index (χ0n) is 9.97. The Kier molecular flexibility index (Phi) is 4.40. The molecule has 2 aromatic rings. The number of benzene rings is 1. The predicted molar refractivity (Wildman–Crippen MR) is 82.0 cm³/mol. The molecule has 0 aliphatic rings. The Morgan fingerprint density at radius 3 is 2.55 bits per heavy atom. The number of rotatable bonds is 4. The Labute approximate surface area is 128 Å². The predicted octanol–water partition coefficient (Wildman–Crippen LogP) is 1.91. The fraction of sp³-hybridized carbons (Fsp3) is 0. The van der Waals surface area contributed by atoms with Gasteiger partial charge in [-0.2, -0.15) is 0 Å². The third-order valence-corrected chi connectivity index (χ3v) is 4.61. The quantitative estimate of drug-likeness (QED) is 0.408. The van der Waals surface area contributed by atoms with E-state index in [1.807, 2.05) is 22.6 Å². The summed E-state index contributed by atoms with van der Waals surface area (Å²) >= 11 is 1.85. The molecule has 106 valence electrons. The second-order valence-electron chi connectivity index (χ2n) is 3.75. The van der Waals surface area contributed by atoms with Crippen LogP contribution in [0.15, 0.2) is 41.4 Å². The van der Waals surface area contributed by atoms with Crippen LogP contribution in [0.1, 0.15) is 0 Å².